The summed E-state index contributed by atoms with van der Waals surface area (Å²) >= 11 is 0. The first-order chi connectivity index (χ1) is 9.36. The minimum atomic E-state index is -5.02. The summed E-state index contributed by atoms with van der Waals surface area (Å²) in [7, 11) is 0. The predicted molar refractivity (Wildman–Crippen MR) is 68.4 cm³/mol. The third-order valence-corrected chi connectivity index (χ3v) is 2.73. The number of nitrogens with zero attached hydrogens (tertiary/aromatic N) is 1. The van der Waals surface area contributed by atoms with Gasteiger partial charge in [0.25, 0.3) is 0 Å². The molecule has 1 aromatic heterocycles. The number of hydrogen-bond acceptors (Lipinski definition) is 2. The first-order valence-electron chi connectivity index (χ1n) is 5.89. The zero-order valence-corrected chi connectivity index (χ0v) is 10.6. The Bertz CT molecular complexity index is 616. The molecule has 0 bridgehead atoms. The molecule has 0 radical (unpaired) electrons. The van der Waals surface area contributed by atoms with Gasteiger partial charge in [0, 0.05) is 11.8 Å². The third-order valence-electron chi connectivity index (χ3n) is 2.73. The molecule has 2 rings (SSSR count). The fraction of sp³-hybridized carbons (Fsp3) is 0.154. The summed E-state index contributed by atoms with van der Waals surface area (Å²) in [5, 5.41) is 0. The van der Waals surface area contributed by atoms with Crippen LogP contribution in [0.5, 0.6) is 5.75 Å². The maximum atomic E-state index is 12.9. The normalized spacial score (nSPS) is 11.4. The molecule has 2 nitrogen and oxygen atoms in total. The van der Waals surface area contributed by atoms with E-state index in [-0.39, 0.29) is 6.61 Å². The van der Waals surface area contributed by atoms with Gasteiger partial charge in [0.2, 0.25) is 0 Å². The van der Waals surface area contributed by atoms with Crippen molar-refractivity contribution in [1.82, 2.24) is 4.98 Å². The van der Waals surface area contributed by atoms with Crippen molar-refractivity contribution in [2.75, 3.05) is 0 Å². The van der Waals surface area contributed by atoms with Gasteiger partial charge in [0.05, 0.1) is 6.20 Å². The molecule has 0 saturated carbocycles. The van der Waals surface area contributed by atoms with Crippen molar-refractivity contribution in [1.29, 1.82) is 0 Å². The lowest BCUT2D eigenvalue weighted by Gasteiger charge is -2.17. The van der Waals surface area contributed by atoms with Gasteiger partial charge in [-0.15, -0.1) is 5.46 Å². The lowest BCUT2D eigenvalue weighted by molar-refractivity contribution is 0.303. The molecule has 0 fully saturated rings. The molecule has 0 N–H and O–H groups in total. The molecular weight excluding hydrogens is 273 g/mol. The van der Waals surface area contributed by atoms with Crippen molar-refractivity contribution in [3.05, 3.63) is 53.6 Å². The van der Waals surface area contributed by atoms with Crippen molar-refractivity contribution in [2.24, 2.45) is 0 Å². The molecule has 0 aliphatic rings. The van der Waals surface area contributed by atoms with Crippen LogP contribution >= 0.6 is 0 Å². The summed E-state index contributed by atoms with van der Waals surface area (Å²) in [4.78, 5) is 3.66. The molecule has 20 heavy (non-hydrogen) atoms. The Kier molecular flexibility index (Phi) is 3.97. The number of rotatable bonds is 4. The van der Waals surface area contributed by atoms with Gasteiger partial charge in [-0.25, -0.2) is 4.39 Å². The zero-order valence-electron chi connectivity index (χ0n) is 10.6. The number of hydrogen-bond donors (Lipinski definition) is 0. The van der Waals surface area contributed by atoms with Crippen molar-refractivity contribution in [2.45, 2.75) is 13.5 Å². The predicted octanol–water partition coefficient (Wildman–Crippen LogP) is 3.16. The maximum absolute atomic E-state index is 12.9. The van der Waals surface area contributed by atoms with E-state index in [9.17, 15) is 17.3 Å². The zero-order chi connectivity index (χ0) is 14.8. The Labute approximate surface area is 113 Å². The van der Waals surface area contributed by atoms with Crippen LogP contribution in [0, 0.1) is 12.7 Å². The molecule has 0 unspecified atom stereocenters. The highest BCUT2D eigenvalue weighted by molar-refractivity contribution is 6.73. The van der Waals surface area contributed by atoms with Gasteiger partial charge in [0.15, 0.2) is 0 Å². The molecule has 0 amide bonds. The van der Waals surface area contributed by atoms with Gasteiger partial charge in [0.1, 0.15) is 18.2 Å². The van der Waals surface area contributed by atoms with E-state index in [1.165, 1.54) is 25.3 Å². The highest BCUT2D eigenvalue weighted by Gasteiger charge is 2.25. The van der Waals surface area contributed by atoms with E-state index in [1.54, 1.807) is 0 Å². The Morgan fingerprint density at radius 3 is 2.50 bits per heavy atom. The van der Waals surface area contributed by atoms with Crippen LogP contribution in [-0.2, 0) is 6.61 Å². The minimum absolute atomic E-state index is 0.0438. The maximum Gasteiger partial charge on any atom is 0.509 e. The SMILES string of the molecule is Cc1cc([B-](F)(F)F)ccc1OCc1cncc(F)c1. The van der Waals surface area contributed by atoms with E-state index >= 15 is 0 Å². The van der Waals surface area contributed by atoms with Gasteiger partial charge in [-0.2, -0.15) is 0 Å². The quantitative estimate of drug-likeness (QED) is 0.635. The first-order valence-corrected chi connectivity index (χ1v) is 5.89. The molecule has 0 spiro atoms. The molecule has 0 saturated heterocycles. The van der Waals surface area contributed by atoms with Gasteiger partial charge in [-0.1, -0.05) is 12.1 Å². The Morgan fingerprint density at radius 2 is 1.90 bits per heavy atom. The molecule has 106 valence electrons. The van der Waals surface area contributed by atoms with E-state index in [0.717, 1.165) is 18.3 Å². The number of aryl methyl sites for hydroxylation is 1. The number of halogens is 4. The summed E-state index contributed by atoms with van der Waals surface area (Å²) in [5.41, 5.74) is 0.224. The fourth-order valence-corrected chi connectivity index (χ4v) is 1.73. The molecule has 0 aliphatic carbocycles. The Hall–Kier alpha value is -2.05. The van der Waals surface area contributed by atoms with Crippen LogP contribution in [0.15, 0.2) is 36.7 Å². The van der Waals surface area contributed by atoms with Crippen LogP contribution in [0.2, 0.25) is 0 Å². The largest absolute Gasteiger partial charge is 0.509 e. The van der Waals surface area contributed by atoms with Crippen molar-refractivity contribution in [3.63, 3.8) is 0 Å². The Balaban J connectivity index is 2.11. The van der Waals surface area contributed by atoms with Crippen LogP contribution in [-0.4, -0.2) is 12.0 Å². The molecule has 7 heteroatoms. The summed E-state index contributed by atoms with van der Waals surface area (Å²) in [6.45, 7) is -3.44. The summed E-state index contributed by atoms with van der Waals surface area (Å²) in [5.74, 6) is -0.156. The molecular formula is C13H11BF4NO-. The van der Waals surface area contributed by atoms with Crippen LogP contribution in [0.3, 0.4) is 0 Å². The lowest BCUT2D eigenvalue weighted by Crippen LogP contribution is -2.34. The first kappa shape index (κ1) is 14.4. The average molecular weight is 284 g/mol. The third kappa shape index (κ3) is 3.49. The van der Waals surface area contributed by atoms with E-state index in [2.05, 4.69) is 4.98 Å². The second-order valence-electron chi connectivity index (χ2n) is 4.40. The molecule has 1 aromatic carbocycles. The minimum Gasteiger partial charge on any atom is -0.489 e. The number of aromatic nitrogens is 1. The summed E-state index contributed by atoms with van der Waals surface area (Å²) in [6.07, 6.45) is 2.50. The van der Waals surface area contributed by atoms with Crippen LogP contribution in [0.25, 0.3) is 0 Å². The molecule has 0 atom stereocenters. The highest BCUT2D eigenvalue weighted by Crippen LogP contribution is 2.20. The van der Waals surface area contributed by atoms with Crippen LogP contribution in [0.1, 0.15) is 11.1 Å². The fourth-order valence-electron chi connectivity index (χ4n) is 1.73. The van der Waals surface area contributed by atoms with Gasteiger partial charge in [-0.3, -0.25) is 4.98 Å². The summed E-state index contributed by atoms with van der Waals surface area (Å²) < 4.78 is 56.0. The second kappa shape index (κ2) is 5.52. The van der Waals surface area contributed by atoms with E-state index < -0.39 is 18.3 Å². The lowest BCUT2D eigenvalue weighted by atomic mass is 9.79. The topological polar surface area (TPSA) is 22.1 Å². The summed E-state index contributed by atoms with van der Waals surface area (Å²) in [6, 6.07) is 4.55. The smallest absolute Gasteiger partial charge is 0.489 e. The molecule has 2 aromatic rings. The van der Waals surface area contributed by atoms with Crippen LogP contribution < -0.4 is 10.2 Å². The van der Waals surface area contributed by atoms with E-state index in [0.29, 0.717) is 16.9 Å². The van der Waals surface area contributed by atoms with Crippen molar-refractivity contribution < 1.29 is 22.1 Å². The molecule has 0 aliphatic heterocycles. The molecule has 1 heterocycles. The highest BCUT2D eigenvalue weighted by atomic mass is 19.4. The Morgan fingerprint density at radius 1 is 1.15 bits per heavy atom. The standard InChI is InChI=1S/C13H11BF4NO/c1-9-4-11(14(16,17)18)2-3-13(9)20-8-10-5-12(15)7-19-6-10/h2-7H,8H2,1H3/q-1. The number of pyridine rings is 1. The van der Waals surface area contributed by atoms with Crippen molar-refractivity contribution in [3.8, 4) is 5.75 Å². The average Bonchev–Trinajstić information content (AvgIpc) is 2.36. The van der Waals surface area contributed by atoms with Gasteiger partial charge >= 0.3 is 6.98 Å². The monoisotopic (exact) mass is 284 g/mol. The van der Waals surface area contributed by atoms with Crippen molar-refractivity contribution >= 4 is 12.4 Å². The van der Waals surface area contributed by atoms with E-state index in [1.807, 2.05) is 0 Å². The second-order valence-corrected chi connectivity index (χ2v) is 4.40. The van der Waals surface area contributed by atoms with E-state index in [4.69, 9.17) is 4.74 Å². The van der Waals surface area contributed by atoms with Gasteiger partial charge < -0.3 is 17.7 Å². The number of benzene rings is 1. The van der Waals surface area contributed by atoms with Gasteiger partial charge in [-0.05, 0) is 24.6 Å². The number of ether oxygens (including phenoxy) is 1. The van der Waals surface area contributed by atoms with Crippen LogP contribution in [0.4, 0.5) is 17.3 Å².